The van der Waals surface area contributed by atoms with E-state index in [1.807, 2.05) is 0 Å². The second-order valence-electron chi connectivity index (χ2n) is 4.21. The van der Waals surface area contributed by atoms with Crippen molar-refractivity contribution in [1.82, 2.24) is 4.98 Å². The van der Waals surface area contributed by atoms with Gasteiger partial charge in [0.25, 0.3) is 0 Å². The maximum absolute atomic E-state index is 5.36. The fraction of sp³-hybridized carbons (Fsp3) is 0.727. The number of ether oxygens (including phenoxy) is 1. The van der Waals surface area contributed by atoms with E-state index in [-0.39, 0.29) is 5.41 Å². The summed E-state index contributed by atoms with van der Waals surface area (Å²) >= 11 is 1.79. The van der Waals surface area contributed by atoms with Crippen molar-refractivity contribution in [3.63, 3.8) is 0 Å². The van der Waals surface area contributed by atoms with Gasteiger partial charge >= 0.3 is 0 Å². The molecule has 1 aromatic heterocycles. The van der Waals surface area contributed by atoms with E-state index in [4.69, 9.17) is 4.74 Å². The molecule has 0 amide bonds. The van der Waals surface area contributed by atoms with Crippen LogP contribution in [0.15, 0.2) is 5.38 Å². The molecule has 0 atom stereocenters. The SMILES string of the molecule is COCC1(c2nc(C)cs2)CCCC1. The number of hydrogen-bond donors (Lipinski definition) is 0. The molecule has 0 aromatic carbocycles. The van der Waals surface area contributed by atoms with E-state index in [1.54, 1.807) is 18.4 Å². The molecule has 0 aliphatic heterocycles. The average Bonchev–Trinajstić information content (AvgIpc) is 2.75. The summed E-state index contributed by atoms with van der Waals surface area (Å²) in [5.74, 6) is 0. The summed E-state index contributed by atoms with van der Waals surface area (Å²) in [6.07, 6.45) is 5.13. The van der Waals surface area contributed by atoms with Crippen LogP contribution in [0.5, 0.6) is 0 Å². The summed E-state index contributed by atoms with van der Waals surface area (Å²) < 4.78 is 5.36. The lowest BCUT2D eigenvalue weighted by atomic mass is 9.88. The van der Waals surface area contributed by atoms with E-state index < -0.39 is 0 Å². The summed E-state index contributed by atoms with van der Waals surface area (Å²) in [6.45, 7) is 2.90. The standard InChI is InChI=1S/C11H17NOS/c1-9-7-14-10(12-9)11(8-13-2)5-3-4-6-11/h7H,3-6,8H2,1-2H3. The van der Waals surface area contributed by atoms with Gasteiger partial charge in [0.2, 0.25) is 0 Å². The number of methoxy groups -OCH3 is 1. The van der Waals surface area contributed by atoms with Crippen LogP contribution in [0.25, 0.3) is 0 Å². The first-order valence-electron chi connectivity index (χ1n) is 5.18. The molecule has 0 saturated heterocycles. The first-order valence-corrected chi connectivity index (χ1v) is 6.06. The zero-order valence-electron chi connectivity index (χ0n) is 8.88. The molecule has 1 fully saturated rings. The Morgan fingerprint density at radius 2 is 2.21 bits per heavy atom. The van der Waals surface area contributed by atoms with E-state index in [9.17, 15) is 0 Å². The second kappa shape index (κ2) is 3.99. The van der Waals surface area contributed by atoms with Crippen LogP contribution in [0.4, 0.5) is 0 Å². The van der Waals surface area contributed by atoms with Gasteiger partial charge in [0.15, 0.2) is 0 Å². The van der Waals surface area contributed by atoms with Gasteiger partial charge in [-0.1, -0.05) is 12.8 Å². The number of aryl methyl sites for hydroxylation is 1. The second-order valence-corrected chi connectivity index (χ2v) is 5.07. The fourth-order valence-corrected chi connectivity index (χ4v) is 3.39. The van der Waals surface area contributed by atoms with Crippen molar-refractivity contribution >= 4 is 11.3 Å². The smallest absolute Gasteiger partial charge is 0.101 e. The maximum atomic E-state index is 5.36. The van der Waals surface area contributed by atoms with Gasteiger partial charge in [-0.25, -0.2) is 4.98 Å². The number of rotatable bonds is 3. The quantitative estimate of drug-likeness (QED) is 0.767. The molecule has 1 aliphatic carbocycles. The average molecular weight is 211 g/mol. The Morgan fingerprint density at radius 1 is 1.50 bits per heavy atom. The van der Waals surface area contributed by atoms with Gasteiger partial charge in [-0.2, -0.15) is 0 Å². The topological polar surface area (TPSA) is 22.1 Å². The van der Waals surface area contributed by atoms with E-state index in [0.717, 1.165) is 12.3 Å². The Labute approximate surface area is 89.3 Å². The summed E-state index contributed by atoms with van der Waals surface area (Å²) in [4.78, 5) is 4.62. The molecule has 0 spiro atoms. The van der Waals surface area contributed by atoms with E-state index in [0.29, 0.717) is 0 Å². The third-order valence-corrected chi connectivity index (χ3v) is 4.26. The van der Waals surface area contributed by atoms with Crippen molar-refractivity contribution < 1.29 is 4.74 Å². The van der Waals surface area contributed by atoms with E-state index in [2.05, 4.69) is 17.3 Å². The molecular formula is C11H17NOS. The lowest BCUT2D eigenvalue weighted by Crippen LogP contribution is -2.27. The van der Waals surface area contributed by atoms with Gasteiger partial charge < -0.3 is 4.74 Å². The number of nitrogens with zero attached hydrogens (tertiary/aromatic N) is 1. The normalized spacial score (nSPS) is 20.1. The highest BCUT2D eigenvalue weighted by molar-refractivity contribution is 7.09. The minimum Gasteiger partial charge on any atom is -0.384 e. The molecule has 1 heterocycles. The first kappa shape index (κ1) is 10.1. The highest BCUT2D eigenvalue weighted by atomic mass is 32.1. The summed E-state index contributed by atoms with van der Waals surface area (Å²) in [5.41, 5.74) is 1.39. The molecule has 0 unspecified atom stereocenters. The van der Waals surface area contributed by atoms with Crippen molar-refractivity contribution in [3.05, 3.63) is 16.1 Å². The Hall–Kier alpha value is -0.410. The number of hydrogen-bond acceptors (Lipinski definition) is 3. The molecule has 2 nitrogen and oxygen atoms in total. The van der Waals surface area contributed by atoms with Gasteiger partial charge in [-0.05, 0) is 19.8 Å². The van der Waals surface area contributed by atoms with Gasteiger partial charge in [0, 0.05) is 23.6 Å². The first-order chi connectivity index (χ1) is 6.77. The lowest BCUT2D eigenvalue weighted by Gasteiger charge is -2.25. The fourth-order valence-electron chi connectivity index (χ4n) is 2.35. The predicted molar refractivity (Wildman–Crippen MR) is 58.9 cm³/mol. The highest BCUT2D eigenvalue weighted by Gasteiger charge is 2.38. The van der Waals surface area contributed by atoms with Crippen LogP contribution < -0.4 is 0 Å². The van der Waals surface area contributed by atoms with Crippen molar-refractivity contribution in [2.45, 2.75) is 38.0 Å². The molecule has 1 aromatic rings. The minimum absolute atomic E-state index is 0.244. The predicted octanol–water partition coefficient (Wildman–Crippen LogP) is 2.91. The number of thiazole rings is 1. The van der Waals surface area contributed by atoms with Crippen LogP contribution in [0, 0.1) is 6.92 Å². The Balaban J connectivity index is 2.26. The zero-order valence-corrected chi connectivity index (χ0v) is 9.69. The molecule has 0 N–H and O–H groups in total. The highest BCUT2D eigenvalue weighted by Crippen LogP contribution is 2.42. The van der Waals surface area contributed by atoms with Gasteiger partial charge in [-0.3, -0.25) is 0 Å². The van der Waals surface area contributed by atoms with Crippen LogP contribution in [0.1, 0.15) is 36.4 Å². The zero-order chi connectivity index (χ0) is 10.0. The molecule has 1 aliphatic rings. The largest absolute Gasteiger partial charge is 0.384 e. The van der Waals surface area contributed by atoms with Crippen molar-refractivity contribution in [2.75, 3.05) is 13.7 Å². The van der Waals surface area contributed by atoms with Gasteiger partial charge in [0.1, 0.15) is 5.01 Å². The monoisotopic (exact) mass is 211 g/mol. The van der Waals surface area contributed by atoms with Crippen molar-refractivity contribution in [3.8, 4) is 0 Å². The molecule has 78 valence electrons. The molecule has 0 radical (unpaired) electrons. The van der Waals surface area contributed by atoms with Crippen LogP contribution in [0.3, 0.4) is 0 Å². The van der Waals surface area contributed by atoms with Crippen LogP contribution in [-0.4, -0.2) is 18.7 Å². The van der Waals surface area contributed by atoms with Crippen molar-refractivity contribution in [1.29, 1.82) is 0 Å². The third-order valence-electron chi connectivity index (χ3n) is 3.05. The summed E-state index contributed by atoms with van der Waals surface area (Å²) in [6, 6.07) is 0. The molecule has 2 rings (SSSR count). The van der Waals surface area contributed by atoms with E-state index in [1.165, 1.54) is 30.7 Å². The minimum atomic E-state index is 0.244. The van der Waals surface area contributed by atoms with Crippen LogP contribution >= 0.6 is 11.3 Å². The Kier molecular flexibility index (Phi) is 2.88. The summed E-state index contributed by atoms with van der Waals surface area (Å²) in [7, 11) is 1.79. The summed E-state index contributed by atoms with van der Waals surface area (Å²) in [5, 5.41) is 3.43. The van der Waals surface area contributed by atoms with Crippen LogP contribution in [0.2, 0.25) is 0 Å². The Morgan fingerprint density at radius 3 is 2.71 bits per heavy atom. The lowest BCUT2D eigenvalue weighted by molar-refractivity contribution is 0.131. The van der Waals surface area contributed by atoms with Gasteiger partial charge in [0.05, 0.1) is 6.61 Å². The van der Waals surface area contributed by atoms with Gasteiger partial charge in [-0.15, -0.1) is 11.3 Å². The Bertz CT molecular complexity index is 302. The van der Waals surface area contributed by atoms with Crippen molar-refractivity contribution in [2.24, 2.45) is 0 Å². The molecular weight excluding hydrogens is 194 g/mol. The molecule has 14 heavy (non-hydrogen) atoms. The van der Waals surface area contributed by atoms with Crippen LogP contribution in [-0.2, 0) is 10.2 Å². The molecule has 3 heteroatoms. The maximum Gasteiger partial charge on any atom is 0.101 e. The third kappa shape index (κ3) is 1.71. The number of aromatic nitrogens is 1. The molecule has 0 bridgehead atoms. The van der Waals surface area contributed by atoms with E-state index >= 15 is 0 Å². The molecule has 1 saturated carbocycles.